The van der Waals surface area contributed by atoms with Crippen molar-refractivity contribution in [2.45, 2.75) is 19.4 Å². The van der Waals surface area contributed by atoms with E-state index in [1.807, 2.05) is 24.4 Å². The molecule has 0 atom stereocenters. The van der Waals surface area contributed by atoms with E-state index in [1.165, 1.54) is 12.8 Å². The van der Waals surface area contributed by atoms with E-state index in [0.717, 1.165) is 30.3 Å². The van der Waals surface area contributed by atoms with Crippen LogP contribution in [0.4, 0.5) is 5.82 Å². The van der Waals surface area contributed by atoms with Crippen molar-refractivity contribution in [3.05, 3.63) is 36.5 Å². The highest BCUT2D eigenvalue weighted by atomic mass is 16.3. The van der Waals surface area contributed by atoms with Crippen LogP contribution < -0.4 is 4.90 Å². The second-order valence-electron chi connectivity index (χ2n) is 4.88. The third-order valence-electron chi connectivity index (χ3n) is 3.62. The lowest BCUT2D eigenvalue weighted by atomic mass is 10.2. The van der Waals surface area contributed by atoms with Gasteiger partial charge >= 0.3 is 0 Å². The molecule has 0 unspecified atom stereocenters. The Bertz CT molecular complexity index is 530. The van der Waals surface area contributed by atoms with Gasteiger partial charge in [-0.05, 0) is 12.8 Å². The molecule has 3 rings (SSSR count). The number of aliphatic hydroxyl groups excluding tert-OH is 1. The van der Waals surface area contributed by atoms with E-state index in [4.69, 9.17) is 0 Å². The second-order valence-corrected chi connectivity index (χ2v) is 4.88. The SMILES string of the molecule is OCCn1c(N2CCCC2)cnc1-c1ccccc1. The molecular formula is C15H19N3O. The maximum atomic E-state index is 9.31. The second kappa shape index (κ2) is 5.45. The standard InChI is InChI=1S/C15H19N3O/c19-11-10-18-14(17-8-4-5-9-17)12-16-15(18)13-6-2-1-3-7-13/h1-3,6-7,12,19H,4-5,8-11H2. The molecular weight excluding hydrogens is 238 g/mol. The van der Waals surface area contributed by atoms with E-state index in [2.05, 4.69) is 26.6 Å². The molecule has 1 aromatic carbocycles. The predicted molar refractivity (Wildman–Crippen MR) is 76.2 cm³/mol. The first-order valence-electron chi connectivity index (χ1n) is 6.87. The van der Waals surface area contributed by atoms with Gasteiger partial charge in [-0.2, -0.15) is 0 Å². The van der Waals surface area contributed by atoms with E-state index in [9.17, 15) is 5.11 Å². The van der Waals surface area contributed by atoms with Gasteiger partial charge in [-0.25, -0.2) is 4.98 Å². The minimum absolute atomic E-state index is 0.136. The molecule has 2 heterocycles. The molecule has 1 aromatic heterocycles. The lowest BCUT2D eigenvalue weighted by molar-refractivity contribution is 0.277. The van der Waals surface area contributed by atoms with Crippen LogP contribution in [0.1, 0.15) is 12.8 Å². The number of aromatic nitrogens is 2. The Balaban J connectivity index is 2.00. The molecule has 0 saturated carbocycles. The molecule has 0 amide bonds. The van der Waals surface area contributed by atoms with Gasteiger partial charge in [-0.3, -0.25) is 0 Å². The first-order valence-corrected chi connectivity index (χ1v) is 6.87. The summed E-state index contributed by atoms with van der Waals surface area (Å²) in [7, 11) is 0. The van der Waals surface area contributed by atoms with Crippen LogP contribution in [0, 0.1) is 0 Å². The smallest absolute Gasteiger partial charge is 0.141 e. The number of rotatable bonds is 4. The molecule has 100 valence electrons. The van der Waals surface area contributed by atoms with Crippen molar-refractivity contribution >= 4 is 5.82 Å². The number of benzene rings is 1. The first-order chi connectivity index (χ1) is 9.40. The lowest BCUT2D eigenvalue weighted by Gasteiger charge is -2.20. The highest BCUT2D eigenvalue weighted by molar-refractivity contribution is 5.60. The molecule has 1 aliphatic heterocycles. The molecule has 4 heteroatoms. The zero-order valence-electron chi connectivity index (χ0n) is 11.0. The number of anilines is 1. The van der Waals surface area contributed by atoms with Crippen LogP contribution in [-0.4, -0.2) is 34.4 Å². The van der Waals surface area contributed by atoms with Crippen molar-refractivity contribution < 1.29 is 5.11 Å². The Morgan fingerprint density at radius 3 is 2.53 bits per heavy atom. The van der Waals surface area contributed by atoms with Gasteiger partial charge in [-0.1, -0.05) is 30.3 Å². The molecule has 2 aromatic rings. The van der Waals surface area contributed by atoms with Crippen molar-refractivity contribution in [3.63, 3.8) is 0 Å². The summed E-state index contributed by atoms with van der Waals surface area (Å²) in [5.41, 5.74) is 1.10. The molecule has 0 radical (unpaired) electrons. The van der Waals surface area contributed by atoms with Gasteiger partial charge in [0.1, 0.15) is 11.6 Å². The Labute approximate surface area is 113 Å². The summed E-state index contributed by atoms with van der Waals surface area (Å²) in [5.74, 6) is 2.07. The van der Waals surface area contributed by atoms with E-state index < -0.39 is 0 Å². The van der Waals surface area contributed by atoms with Gasteiger partial charge < -0.3 is 14.6 Å². The van der Waals surface area contributed by atoms with Crippen LogP contribution in [0.25, 0.3) is 11.4 Å². The van der Waals surface area contributed by atoms with Crippen LogP contribution in [0.2, 0.25) is 0 Å². The fourth-order valence-corrected chi connectivity index (χ4v) is 2.70. The van der Waals surface area contributed by atoms with E-state index in [-0.39, 0.29) is 6.61 Å². The van der Waals surface area contributed by atoms with Crippen molar-refractivity contribution in [2.24, 2.45) is 0 Å². The number of nitrogens with zero attached hydrogens (tertiary/aromatic N) is 3. The fraction of sp³-hybridized carbons (Fsp3) is 0.400. The predicted octanol–water partition coefficient (Wildman–Crippen LogP) is 2.14. The highest BCUT2D eigenvalue weighted by Gasteiger charge is 2.19. The summed E-state index contributed by atoms with van der Waals surface area (Å²) in [6.45, 7) is 2.91. The van der Waals surface area contributed by atoms with Gasteiger partial charge in [0, 0.05) is 25.2 Å². The largest absolute Gasteiger partial charge is 0.395 e. The molecule has 1 aliphatic rings. The van der Waals surface area contributed by atoms with Gasteiger partial charge in [0.15, 0.2) is 0 Å². The summed E-state index contributed by atoms with van der Waals surface area (Å²) in [6.07, 6.45) is 4.42. The lowest BCUT2D eigenvalue weighted by Crippen LogP contribution is -2.22. The van der Waals surface area contributed by atoms with E-state index in [1.54, 1.807) is 0 Å². The van der Waals surface area contributed by atoms with Crippen LogP contribution in [0.15, 0.2) is 36.5 Å². The van der Waals surface area contributed by atoms with Gasteiger partial charge in [0.25, 0.3) is 0 Å². The average molecular weight is 257 g/mol. The third-order valence-corrected chi connectivity index (χ3v) is 3.62. The van der Waals surface area contributed by atoms with Crippen molar-refractivity contribution in [1.82, 2.24) is 9.55 Å². The normalized spacial score (nSPS) is 15.1. The number of imidazole rings is 1. The number of hydrogen-bond donors (Lipinski definition) is 1. The fourth-order valence-electron chi connectivity index (χ4n) is 2.70. The Morgan fingerprint density at radius 1 is 1.11 bits per heavy atom. The Kier molecular flexibility index (Phi) is 3.51. The van der Waals surface area contributed by atoms with Crippen LogP contribution in [0.5, 0.6) is 0 Å². The van der Waals surface area contributed by atoms with Crippen molar-refractivity contribution in [3.8, 4) is 11.4 Å². The molecule has 1 fully saturated rings. The van der Waals surface area contributed by atoms with Crippen molar-refractivity contribution in [2.75, 3.05) is 24.6 Å². The minimum Gasteiger partial charge on any atom is -0.395 e. The monoisotopic (exact) mass is 257 g/mol. The highest BCUT2D eigenvalue weighted by Crippen LogP contribution is 2.26. The summed E-state index contributed by atoms with van der Waals surface area (Å²) >= 11 is 0. The van der Waals surface area contributed by atoms with Gasteiger partial charge in [-0.15, -0.1) is 0 Å². The van der Waals surface area contributed by atoms with Gasteiger partial charge in [0.05, 0.1) is 12.8 Å². The maximum Gasteiger partial charge on any atom is 0.141 e. The molecule has 1 saturated heterocycles. The Hall–Kier alpha value is -1.81. The topological polar surface area (TPSA) is 41.3 Å². The van der Waals surface area contributed by atoms with Crippen LogP contribution in [-0.2, 0) is 6.54 Å². The van der Waals surface area contributed by atoms with Gasteiger partial charge in [0.2, 0.25) is 0 Å². The molecule has 0 spiro atoms. The number of hydrogen-bond acceptors (Lipinski definition) is 3. The molecule has 4 nitrogen and oxygen atoms in total. The van der Waals surface area contributed by atoms with Crippen LogP contribution in [0.3, 0.4) is 0 Å². The van der Waals surface area contributed by atoms with Crippen LogP contribution >= 0.6 is 0 Å². The first kappa shape index (κ1) is 12.2. The minimum atomic E-state index is 0.136. The summed E-state index contributed by atoms with van der Waals surface area (Å²) < 4.78 is 2.13. The molecule has 0 aliphatic carbocycles. The molecule has 19 heavy (non-hydrogen) atoms. The zero-order valence-corrected chi connectivity index (χ0v) is 11.0. The maximum absolute atomic E-state index is 9.31. The molecule has 1 N–H and O–H groups in total. The number of aliphatic hydroxyl groups is 1. The summed E-state index contributed by atoms with van der Waals surface area (Å²) in [5, 5.41) is 9.31. The Morgan fingerprint density at radius 2 is 1.84 bits per heavy atom. The van der Waals surface area contributed by atoms with Crippen molar-refractivity contribution in [1.29, 1.82) is 0 Å². The summed E-state index contributed by atoms with van der Waals surface area (Å²) in [6, 6.07) is 10.2. The molecule has 0 bridgehead atoms. The average Bonchev–Trinajstić information content (AvgIpc) is 3.09. The van der Waals surface area contributed by atoms with E-state index >= 15 is 0 Å². The zero-order chi connectivity index (χ0) is 13.1. The van der Waals surface area contributed by atoms with E-state index in [0.29, 0.717) is 6.54 Å². The quantitative estimate of drug-likeness (QED) is 0.912. The summed E-state index contributed by atoms with van der Waals surface area (Å²) in [4.78, 5) is 6.92. The third kappa shape index (κ3) is 2.36.